The average Bonchev–Trinajstić information content (AvgIpc) is 2.77. The average molecular weight is 269 g/mol. The van der Waals surface area contributed by atoms with Crippen LogP contribution in [0.2, 0.25) is 0 Å². The Hall–Kier alpha value is -1.92. The largest absolute Gasteiger partial charge is 0.465 e. The lowest BCUT2D eigenvalue weighted by molar-refractivity contribution is -0.156. The van der Waals surface area contributed by atoms with Gasteiger partial charge in [-0.3, -0.25) is 9.59 Å². The van der Waals surface area contributed by atoms with E-state index >= 15 is 0 Å². The topological polar surface area (TPSA) is 94.3 Å². The maximum absolute atomic E-state index is 12.1. The molecule has 0 spiro atoms. The van der Waals surface area contributed by atoms with Gasteiger partial charge in [0.15, 0.2) is 5.82 Å². The summed E-state index contributed by atoms with van der Waals surface area (Å²) in [7, 11) is 0. The summed E-state index contributed by atoms with van der Waals surface area (Å²) in [6, 6.07) is 0. The molecule has 7 heteroatoms. The Balaban J connectivity index is 2.69. The molecule has 0 saturated heterocycles. The van der Waals surface area contributed by atoms with Crippen molar-refractivity contribution in [3.63, 3.8) is 0 Å². The summed E-state index contributed by atoms with van der Waals surface area (Å²) in [5.41, 5.74) is -0.534. The lowest BCUT2D eigenvalue weighted by Gasteiger charge is -2.27. The molecule has 19 heavy (non-hydrogen) atoms. The van der Waals surface area contributed by atoms with E-state index in [1.165, 1.54) is 6.39 Å². The molecule has 0 aromatic carbocycles. The number of nitrogens with zero attached hydrogens (tertiary/aromatic N) is 2. The van der Waals surface area contributed by atoms with Crippen LogP contribution in [-0.2, 0) is 20.9 Å². The van der Waals surface area contributed by atoms with Gasteiger partial charge in [-0.15, -0.1) is 0 Å². The molecule has 0 aliphatic carbocycles. The van der Waals surface area contributed by atoms with Crippen molar-refractivity contribution in [3.05, 3.63) is 12.2 Å². The molecule has 0 radical (unpaired) electrons. The molecular formula is C12H19N3O4. The molecular weight excluding hydrogens is 250 g/mol. The van der Waals surface area contributed by atoms with Crippen molar-refractivity contribution in [2.24, 2.45) is 11.3 Å². The zero-order valence-corrected chi connectivity index (χ0v) is 11.6. The summed E-state index contributed by atoms with van der Waals surface area (Å²) in [6.07, 6.45) is 1.17. The predicted octanol–water partition coefficient (Wildman–Crippen LogP) is 0.911. The monoisotopic (exact) mass is 269 g/mol. The zero-order valence-electron chi connectivity index (χ0n) is 11.6. The Morgan fingerprint density at radius 3 is 2.63 bits per heavy atom. The van der Waals surface area contributed by atoms with Crippen molar-refractivity contribution in [2.75, 3.05) is 6.61 Å². The number of rotatable bonds is 5. The number of carbonyl (C=O) groups excluding carboxylic acids is 2. The standard InChI is InChI=1S/C12H19N3O4/c1-5-18-11(17)9(12(2,3)4)10(16)13-6-8-14-7-19-15-8/h7,9H,5-6H2,1-4H3,(H,13,16). The number of hydrogen-bond acceptors (Lipinski definition) is 6. The molecule has 1 unspecified atom stereocenters. The van der Waals surface area contributed by atoms with Crippen LogP contribution < -0.4 is 5.32 Å². The number of hydrogen-bond donors (Lipinski definition) is 1. The van der Waals surface area contributed by atoms with Crippen molar-refractivity contribution in [1.82, 2.24) is 15.5 Å². The van der Waals surface area contributed by atoms with Gasteiger partial charge in [0.2, 0.25) is 12.3 Å². The van der Waals surface area contributed by atoms with Gasteiger partial charge in [0.25, 0.3) is 0 Å². The molecule has 0 aliphatic heterocycles. The number of aromatic nitrogens is 2. The minimum atomic E-state index is -0.876. The van der Waals surface area contributed by atoms with Crippen molar-refractivity contribution in [2.45, 2.75) is 34.2 Å². The Kier molecular flexibility index (Phi) is 5.02. The summed E-state index contributed by atoms with van der Waals surface area (Å²) in [6.45, 7) is 7.48. The Bertz CT molecular complexity index is 423. The number of carbonyl (C=O) groups is 2. The van der Waals surface area contributed by atoms with Gasteiger partial charge in [-0.05, 0) is 12.3 Å². The summed E-state index contributed by atoms with van der Waals surface area (Å²) >= 11 is 0. The molecule has 106 valence electrons. The van der Waals surface area contributed by atoms with E-state index in [0.717, 1.165) is 0 Å². The highest BCUT2D eigenvalue weighted by Crippen LogP contribution is 2.27. The molecule has 0 saturated carbocycles. The lowest BCUT2D eigenvalue weighted by atomic mass is 9.80. The van der Waals surface area contributed by atoms with Gasteiger partial charge in [0.05, 0.1) is 13.2 Å². The van der Waals surface area contributed by atoms with Crippen molar-refractivity contribution in [1.29, 1.82) is 0 Å². The fourth-order valence-corrected chi connectivity index (χ4v) is 1.62. The summed E-state index contributed by atoms with van der Waals surface area (Å²) in [5, 5.41) is 6.18. The van der Waals surface area contributed by atoms with Gasteiger partial charge in [0.1, 0.15) is 5.92 Å². The second kappa shape index (κ2) is 6.31. The fourth-order valence-electron chi connectivity index (χ4n) is 1.62. The molecule has 1 aromatic heterocycles. The van der Waals surface area contributed by atoms with Gasteiger partial charge in [-0.2, -0.15) is 4.98 Å². The number of nitrogens with one attached hydrogen (secondary N) is 1. The molecule has 0 aliphatic rings. The summed E-state index contributed by atoms with van der Waals surface area (Å²) in [5.74, 6) is -1.46. The van der Waals surface area contributed by atoms with Crippen LogP contribution in [0.1, 0.15) is 33.5 Å². The van der Waals surface area contributed by atoms with Gasteiger partial charge in [-0.1, -0.05) is 25.9 Å². The van der Waals surface area contributed by atoms with Gasteiger partial charge in [-0.25, -0.2) is 0 Å². The van der Waals surface area contributed by atoms with E-state index < -0.39 is 23.2 Å². The van der Waals surface area contributed by atoms with Gasteiger partial charge >= 0.3 is 5.97 Å². The predicted molar refractivity (Wildman–Crippen MR) is 65.7 cm³/mol. The highest BCUT2D eigenvalue weighted by Gasteiger charge is 2.38. The van der Waals surface area contributed by atoms with Crippen molar-refractivity contribution in [3.8, 4) is 0 Å². The van der Waals surface area contributed by atoms with Crippen LogP contribution in [0.3, 0.4) is 0 Å². The van der Waals surface area contributed by atoms with E-state index in [1.54, 1.807) is 6.92 Å². The second-order valence-electron chi connectivity index (χ2n) is 5.12. The number of ether oxygens (including phenoxy) is 1. The summed E-state index contributed by atoms with van der Waals surface area (Å²) in [4.78, 5) is 27.7. The zero-order chi connectivity index (χ0) is 14.5. The first kappa shape index (κ1) is 15.1. The van der Waals surface area contributed by atoms with Crippen LogP contribution in [0.4, 0.5) is 0 Å². The molecule has 0 bridgehead atoms. The molecule has 1 N–H and O–H groups in total. The maximum atomic E-state index is 12.1. The first-order valence-electron chi connectivity index (χ1n) is 6.05. The highest BCUT2D eigenvalue weighted by molar-refractivity contribution is 5.98. The fraction of sp³-hybridized carbons (Fsp3) is 0.667. The minimum absolute atomic E-state index is 0.112. The van der Waals surface area contributed by atoms with Crippen molar-refractivity contribution < 1.29 is 18.8 Å². The van der Waals surface area contributed by atoms with Gasteiger partial charge in [0, 0.05) is 0 Å². The van der Waals surface area contributed by atoms with Crippen LogP contribution in [0, 0.1) is 11.3 Å². The smallest absolute Gasteiger partial charge is 0.319 e. The van der Waals surface area contributed by atoms with E-state index in [4.69, 9.17) is 4.74 Å². The summed E-state index contributed by atoms with van der Waals surface area (Å²) < 4.78 is 9.50. The lowest BCUT2D eigenvalue weighted by Crippen LogP contribution is -2.43. The highest BCUT2D eigenvalue weighted by atomic mass is 16.5. The molecule has 1 heterocycles. The van der Waals surface area contributed by atoms with E-state index in [-0.39, 0.29) is 13.2 Å². The minimum Gasteiger partial charge on any atom is -0.465 e. The number of esters is 1. The Labute approximate surface area is 111 Å². The quantitative estimate of drug-likeness (QED) is 0.630. The van der Waals surface area contributed by atoms with Crippen LogP contribution in [0.15, 0.2) is 10.9 Å². The van der Waals surface area contributed by atoms with Gasteiger partial charge < -0.3 is 14.6 Å². The van der Waals surface area contributed by atoms with Crippen molar-refractivity contribution >= 4 is 11.9 Å². The second-order valence-corrected chi connectivity index (χ2v) is 5.12. The normalized spacial score (nSPS) is 12.8. The molecule has 1 rings (SSSR count). The molecule has 1 amide bonds. The third kappa shape index (κ3) is 4.35. The Morgan fingerprint density at radius 2 is 2.16 bits per heavy atom. The maximum Gasteiger partial charge on any atom is 0.319 e. The van der Waals surface area contributed by atoms with Crippen LogP contribution >= 0.6 is 0 Å². The van der Waals surface area contributed by atoms with E-state index in [2.05, 4.69) is 20.0 Å². The van der Waals surface area contributed by atoms with Crippen LogP contribution in [0.5, 0.6) is 0 Å². The molecule has 7 nitrogen and oxygen atoms in total. The number of amides is 1. The van der Waals surface area contributed by atoms with E-state index in [1.807, 2.05) is 20.8 Å². The SMILES string of the molecule is CCOC(=O)C(C(=O)NCc1ncon1)C(C)(C)C. The third-order valence-electron chi connectivity index (χ3n) is 2.48. The third-order valence-corrected chi connectivity index (χ3v) is 2.48. The molecule has 1 atom stereocenters. The van der Waals surface area contributed by atoms with E-state index in [0.29, 0.717) is 5.82 Å². The first-order valence-corrected chi connectivity index (χ1v) is 6.05. The van der Waals surface area contributed by atoms with E-state index in [9.17, 15) is 9.59 Å². The molecule has 0 fully saturated rings. The Morgan fingerprint density at radius 1 is 1.47 bits per heavy atom. The van der Waals surface area contributed by atoms with Crippen LogP contribution in [-0.4, -0.2) is 28.6 Å². The first-order chi connectivity index (χ1) is 8.86. The molecule has 1 aromatic rings. The van der Waals surface area contributed by atoms with Crippen LogP contribution in [0.25, 0.3) is 0 Å².